The predicted octanol–water partition coefficient (Wildman–Crippen LogP) is 2.42. The van der Waals surface area contributed by atoms with Crippen molar-refractivity contribution >= 4 is 5.69 Å². The summed E-state index contributed by atoms with van der Waals surface area (Å²) in [5.41, 5.74) is 1.64. The van der Waals surface area contributed by atoms with Crippen molar-refractivity contribution < 1.29 is 10.0 Å². The highest BCUT2D eigenvalue weighted by atomic mass is 16.6. The zero-order chi connectivity index (χ0) is 14.4. The zero-order valence-corrected chi connectivity index (χ0v) is 10.9. The fraction of sp³-hybridized carbons (Fsp3) is 0.200. The Labute approximate surface area is 117 Å². The molecule has 0 unspecified atom stereocenters. The molecule has 0 aliphatic carbocycles. The predicted molar refractivity (Wildman–Crippen MR) is 76.2 cm³/mol. The fourth-order valence-electron chi connectivity index (χ4n) is 2.04. The number of rotatable bonds is 6. The zero-order valence-electron chi connectivity index (χ0n) is 10.9. The number of aliphatic hydroxyl groups is 1. The maximum atomic E-state index is 10.9. The third-order valence-electron chi connectivity index (χ3n) is 3.11. The standard InChI is InChI=1S/C15H16N2O3/c18-11-14(12-6-2-1-3-7-12)16-10-13-8-4-5-9-15(13)17(19)20/h1-9,14,16,18H,10-11H2/t14-/m0/s1. The minimum atomic E-state index is -0.395. The van der Waals surface area contributed by atoms with Crippen LogP contribution in [0.25, 0.3) is 0 Å². The lowest BCUT2D eigenvalue weighted by molar-refractivity contribution is -0.385. The molecule has 20 heavy (non-hydrogen) atoms. The van der Waals surface area contributed by atoms with Gasteiger partial charge in [0.05, 0.1) is 17.6 Å². The first-order chi connectivity index (χ1) is 9.72. The maximum Gasteiger partial charge on any atom is 0.273 e. The molecule has 0 fully saturated rings. The Hall–Kier alpha value is -2.24. The molecule has 5 heteroatoms. The van der Waals surface area contributed by atoms with Gasteiger partial charge in [-0.1, -0.05) is 48.5 Å². The Bertz CT molecular complexity index is 572. The number of aliphatic hydroxyl groups excluding tert-OH is 1. The average Bonchev–Trinajstić information content (AvgIpc) is 2.49. The van der Waals surface area contributed by atoms with Crippen molar-refractivity contribution in [1.29, 1.82) is 0 Å². The van der Waals surface area contributed by atoms with Crippen molar-refractivity contribution in [3.05, 3.63) is 75.8 Å². The molecule has 104 valence electrons. The highest BCUT2D eigenvalue weighted by Gasteiger charge is 2.14. The largest absolute Gasteiger partial charge is 0.394 e. The Balaban J connectivity index is 2.10. The molecule has 0 radical (unpaired) electrons. The van der Waals surface area contributed by atoms with E-state index in [0.717, 1.165) is 5.56 Å². The van der Waals surface area contributed by atoms with Crippen molar-refractivity contribution in [1.82, 2.24) is 5.32 Å². The van der Waals surface area contributed by atoms with Crippen LogP contribution in [0.4, 0.5) is 5.69 Å². The summed E-state index contributed by atoms with van der Waals surface area (Å²) in [6.45, 7) is 0.266. The minimum Gasteiger partial charge on any atom is -0.394 e. The van der Waals surface area contributed by atoms with Crippen LogP contribution in [-0.2, 0) is 6.54 Å². The number of hydrogen-bond acceptors (Lipinski definition) is 4. The normalized spacial score (nSPS) is 12.1. The van der Waals surface area contributed by atoms with Gasteiger partial charge in [0.2, 0.25) is 0 Å². The first kappa shape index (κ1) is 14.2. The van der Waals surface area contributed by atoms with Crippen LogP contribution in [-0.4, -0.2) is 16.6 Å². The number of nitro benzene ring substituents is 1. The van der Waals surface area contributed by atoms with E-state index >= 15 is 0 Å². The van der Waals surface area contributed by atoms with Crippen LogP contribution in [0.3, 0.4) is 0 Å². The number of nitrogens with zero attached hydrogens (tertiary/aromatic N) is 1. The summed E-state index contributed by atoms with van der Waals surface area (Å²) in [5, 5.41) is 23.5. The van der Waals surface area contributed by atoms with E-state index < -0.39 is 4.92 Å². The molecule has 0 spiro atoms. The number of hydrogen-bond donors (Lipinski definition) is 2. The van der Waals surface area contributed by atoms with Gasteiger partial charge in [0, 0.05) is 18.2 Å². The molecule has 0 aromatic heterocycles. The van der Waals surface area contributed by atoms with E-state index in [1.807, 2.05) is 30.3 Å². The molecule has 2 N–H and O–H groups in total. The first-order valence-corrected chi connectivity index (χ1v) is 6.34. The van der Waals surface area contributed by atoms with Crippen molar-refractivity contribution in [2.75, 3.05) is 6.61 Å². The van der Waals surface area contributed by atoms with Crippen LogP contribution in [0, 0.1) is 10.1 Å². The van der Waals surface area contributed by atoms with Crippen LogP contribution in [0.1, 0.15) is 17.2 Å². The fourth-order valence-corrected chi connectivity index (χ4v) is 2.04. The number of nitro groups is 1. The Morgan fingerprint density at radius 2 is 1.75 bits per heavy atom. The van der Waals surface area contributed by atoms with E-state index in [0.29, 0.717) is 12.1 Å². The van der Waals surface area contributed by atoms with Gasteiger partial charge in [-0.2, -0.15) is 0 Å². The quantitative estimate of drug-likeness (QED) is 0.625. The smallest absolute Gasteiger partial charge is 0.273 e. The van der Waals surface area contributed by atoms with Crippen LogP contribution in [0.2, 0.25) is 0 Å². The van der Waals surface area contributed by atoms with E-state index in [1.165, 1.54) is 6.07 Å². The van der Waals surface area contributed by atoms with Crippen molar-refractivity contribution in [3.8, 4) is 0 Å². The van der Waals surface area contributed by atoms with Crippen LogP contribution in [0.15, 0.2) is 54.6 Å². The van der Waals surface area contributed by atoms with E-state index in [9.17, 15) is 15.2 Å². The van der Waals surface area contributed by atoms with Gasteiger partial charge >= 0.3 is 0 Å². The maximum absolute atomic E-state index is 10.9. The van der Waals surface area contributed by atoms with Crippen molar-refractivity contribution in [2.24, 2.45) is 0 Å². The summed E-state index contributed by atoms with van der Waals surface area (Å²) in [5.74, 6) is 0. The van der Waals surface area contributed by atoms with Gasteiger partial charge in [-0.15, -0.1) is 0 Å². The van der Waals surface area contributed by atoms with Gasteiger partial charge in [-0.05, 0) is 5.56 Å². The van der Waals surface area contributed by atoms with Crippen LogP contribution in [0.5, 0.6) is 0 Å². The molecule has 0 saturated heterocycles. The third-order valence-corrected chi connectivity index (χ3v) is 3.11. The lowest BCUT2D eigenvalue weighted by atomic mass is 10.1. The Kier molecular flexibility index (Phi) is 4.81. The summed E-state index contributed by atoms with van der Waals surface area (Å²) in [4.78, 5) is 10.5. The number of benzene rings is 2. The minimum absolute atomic E-state index is 0.0648. The molecule has 0 amide bonds. The highest BCUT2D eigenvalue weighted by Crippen LogP contribution is 2.19. The topological polar surface area (TPSA) is 75.4 Å². The first-order valence-electron chi connectivity index (χ1n) is 6.34. The monoisotopic (exact) mass is 272 g/mol. The summed E-state index contributed by atoms with van der Waals surface area (Å²) < 4.78 is 0. The molecule has 5 nitrogen and oxygen atoms in total. The Morgan fingerprint density at radius 3 is 2.40 bits per heavy atom. The van der Waals surface area contributed by atoms with Crippen molar-refractivity contribution in [2.45, 2.75) is 12.6 Å². The molecular weight excluding hydrogens is 256 g/mol. The van der Waals surface area contributed by atoms with Crippen LogP contribution >= 0.6 is 0 Å². The lowest BCUT2D eigenvalue weighted by Gasteiger charge is -2.16. The van der Waals surface area contributed by atoms with Gasteiger partial charge in [0.1, 0.15) is 0 Å². The summed E-state index contributed by atoms with van der Waals surface area (Å²) >= 11 is 0. The molecule has 0 heterocycles. The molecule has 0 saturated carbocycles. The average molecular weight is 272 g/mol. The SMILES string of the molecule is O=[N+]([O-])c1ccccc1CN[C@@H](CO)c1ccccc1. The summed E-state index contributed by atoms with van der Waals surface area (Å²) in [6.07, 6.45) is 0. The summed E-state index contributed by atoms with van der Waals surface area (Å²) in [7, 11) is 0. The second-order valence-electron chi connectivity index (χ2n) is 4.41. The Morgan fingerprint density at radius 1 is 1.10 bits per heavy atom. The van der Waals surface area contributed by atoms with E-state index in [2.05, 4.69) is 5.32 Å². The number of para-hydroxylation sites is 1. The molecule has 2 aromatic carbocycles. The van der Waals surface area contributed by atoms with E-state index in [-0.39, 0.29) is 18.3 Å². The molecule has 0 aliphatic heterocycles. The third kappa shape index (κ3) is 3.40. The van der Waals surface area contributed by atoms with Gasteiger partial charge in [0.25, 0.3) is 5.69 Å². The molecular formula is C15H16N2O3. The van der Waals surface area contributed by atoms with E-state index in [4.69, 9.17) is 0 Å². The summed E-state index contributed by atoms with van der Waals surface area (Å²) in [6, 6.07) is 15.9. The van der Waals surface area contributed by atoms with Crippen molar-refractivity contribution in [3.63, 3.8) is 0 Å². The molecule has 2 aromatic rings. The van der Waals surface area contributed by atoms with Gasteiger partial charge in [-0.3, -0.25) is 10.1 Å². The van der Waals surface area contributed by atoms with Gasteiger partial charge < -0.3 is 10.4 Å². The van der Waals surface area contributed by atoms with Crippen LogP contribution < -0.4 is 5.32 Å². The second kappa shape index (κ2) is 6.79. The van der Waals surface area contributed by atoms with Gasteiger partial charge in [-0.25, -0.2) is 0 Å². The second-order valence-corrected chi connectivity index (χ2v) is 4.41. The molecule has 1 atom stereocenters. The number of nitrogens with one attached hydrogen (secondary N) is 1. The molecule has 2 rings (SSSR count). The lowest BCUT2D eigenvalue weighted by Crippen LogP contribution is -2.24. The highest BCUT2D eigenvalue weighted by molar-refractivity contribution is 5.39. The molecule has 0 bridgehead atoms. The van der Waals surface area contributed by atoms with E-state index in [1.54, 1.807) is 18.2 Å². The van der Waals surface area contributed by atoms with Gasteiger partial charge in [0.15, 0.2) is 0 Å². The molecule has 0 aliphatic rings.